The number of anilines is 1. The van der Waals surface area contributed by atoms with Gasteiger partial charge >= 0.3 is 0 Å². The normalized spacial score (nSPS) is 10.2. The molecular formula is C15H15ClN2O3. The van der Waals surface area contributed by atoms with Crippen LogP contribution in [0.25, 0.3) is 0 Å². The van der Waals surface area contributed by atoms with E-state index < -0.39 is 0 Å². The zero-order valence-electron chi connectivity index (χ0n) is 11.5. The van der Waals surface area contributed by atoms with Gasteiger partial charge < -0.3 is 14.8 Å². The minimum atomic E-state index is -0.220. The van der Waals surface area contributed by atoms with Crippen molar-refractivity contribution in [3.05, 3.63) is 53.3 Å². The Morgan fingerprint density at radius 1 is 1.19 bits per heavy atom. The Morgan fingerprint density at radius 3 is 2.57 bits per heavy atom. The first-order valence-electron chi connectivity index (χ1n) is 6.34. The van der Waals surface area contributed by atoms with E-state index in [1.165, 1.54) is 6.20 Å². The number of carbonyl (C=O) groups is 1. The van der Waals surface area contributed by atoms with Crippen LogP contribution in [0.15, 0.2) is 42.6 Å². The molecule has 6 heteroatoms. The molecule has 0 fully saturated rings. The van der Waals surface area contributed by atoms with Crippen molar-refractivity contribution in [1.29, 1.82) is 0 Å². The maximum Gasteiger partial charge on any atom is 0.255 e. The third-order valence-electron chi connectivity index (χ3n) is 2.66. The maximum absolute atomic E-state index is 12.0. The van der Waals surface area contributed by atoms with Crippen LogP contribution < -0.4 is 10.1 Å². The Bertz CT molecular complexity index is 585. The SMILES string of the molecule is COCCOc1ccc(C(=O)Nc2ccc(Cl)nc2)cc1. The number of methoxy groups -OCH3 is 1. The summed E-state index contributed by atoms with van der Waals surface area (Å²) >= 11 is 5.69. The smallest absolute Gasteiger partial charge is 0.255 e. The molecule has 0 atom stereocenters. The van der Waals surface area contributed by atoms with Gasteiger partial charge in [-0.15, -0.1) is 0 Å². The Balaban J connectivity index is 1.94. The Kier molecular flexibility index (Phi) is 5.54. The van der Waals surface area contributed by atoms with Gasteiger partial charge in [0.15, 0.2) is 0 Å². The van der Waals surface area contributed by atoms with Gasteiger partial charge in [-0.25, -0.2) is 4.98 Å². The van der Waals surface area contributed by atoms with Crippen LogP contribution in [-0.2, 0) is 4.74 Å². The Hall–Kier alpha value is -2.11. The summed E-state index contributed by atoms with van der Waals surface area (Å²) in [5, 5.41) is 3.12. The van der Waals surface area contributed by atoms with Crippen LogP contribution in [0, 0.1) is 0 Å². The first-order chi connectivity index (χ1) is 10.2. The highest BCUT2D eigenvalue weighted by molar-refractivity contribution is 6.29. The summed E-state index contributed by atoms with van der Waals surface area (Å²) in [4.78, 5) is 15.9. The number of rotatable bonds is 6. The molecule has 0 aliphatic heterocycles. The van der Waals surface area contributed by atoms with Crippen LogP contribution in [0.5, 0.6) is 5.75 Å². The summed E-state index contributed by atoms with van der Waals surface area (Å²) < 4.78 is 10.3. The molecule has 110 valence electrons. The molecule has 0 bridgehead atoms. The molecule has 21 heavy (non-hydrogen) atoms. The maximum atomic E-state index is 12.0. The molecule has 1 heterocycles. The molecular weight excluding hydrogens is 292 g/mol. The highest BCUT2D eigenvalue weighted by Gasteiger charge is 2.06. The molecule has 1 amide bonds. The van der Waals surface area contributed by atoms with E-state index in [4.69, 9.17) is 21.1 Å². The van der Waals surface area contributed by atoms with Crippen LogP contribution in [-0.4, -0.2) is 31.2 Å². The predicted molar refractivity (Wildman–Crippen MR) is 81.0 cm³/mol. The molecule has 0 spiro atoms. The number of aromatic nitrogens is 1. The van der Waals surface area contributed by atoms with E-state index in [1.807, 2.05) is 0 Å². The van der Waals surface area contributed by atoms with Crippen molar-refractivity contribution in [3.63, 3.8) is 0 Å². The third-order valence-corrected chi connectivity index (χ3v) is 2.88. The van der Waals surface area contributed by atoms with Crippen molar-refractivity contribution >= 4 is 23.2 Å². The summed E-state index contributed by atoms with van der Waals surface area (Å²) in [6.45, 7) is 0.990. The van der Waals surface area contributed by atoms with Crippen LogP contribution in [0.3, 0.4) is 0 Å². The van der Waals surface area contributed by atoms with Crippen molar-refractivity contribution in [2.75, 3.05) is 25.6 Å². The number of pyridine rings is 1. The zero-order chi connectivity index (χ0) is 15.1. The molecule has 1 N–H and O–H groups in total. The summed E-state index contributed by atoms with van der Waals surface area (Å²) in [5.41, 5.74) is 1.12. The van der Waals surface area contributed by atoms with Crippen LogP contribution in [0.1, 0.15) is 10.4 Å². The van der Waals surface area contributed by atoms with Crippen LogP contribution in [0.2, 0.25) is 5.15 Å². The molecule has 0 aliphatic carbocycles. The molecule has 2 aromatic rings. The molecule has 0 aliphatic rings. The average Bonchev–Trinajstić information content (AvgIpc) is 2.50. The Morgan fingerprint density at radius 2 is 1.95 bits per heavy atom. The van der Waals surface area contributed by atoms with Crippen molar-refractivity contribution in [2.24, 2.45) is 0 Å². The summed E-state index contributed by atoms with van der Waals surface area (Å²) in [5.74, 6) is 0.472. The van der Waals surface area contributed by atoms with Gasteiger partial charge in [-0.2, -0.15) is 0 Å². The number of benzene rings is 1. The third kappa shape index (κ3) is 4.73. The molecule has 0 saturated heterocycles. The van der Waals surface area contributed by atoms with Gasteiger partial charge in [0.25, 0.3) is 5.91 Å². The second-order valence-electron chi connectivity index (χ2n) is 4.19. The van der Waals surface area contributed by atoms with E-state index in [-0.39, 0.29) is 5.91 Å². The van der Waals surface area contributed by atoms with Crippen LogP contribution in [0.4, 0.5) is 5.69 Å². The lowest BCUT2D eigenvalue weighted by molar-refractivity contribution is 0.102. The predicted octanol–water partition coefficient (Wildman–Crippen LogP) is 3.01. The second kappa shape index (κ2) is 7.61. The number of amides is 1. The lowest BCUT2D eigenvalue weighted by atomic mass is 10.2. The number of nitrogens with zero attached hydrogens (tertiary/aromatic N) is 1. The average molecular weight is 307 g/mol. The highest BCUT2D eigenvalue weighted by Crippen LogP contribution is 2.15. The fraction of sp³-hybridized carbons (Fsp3) is 0.200. The molecule has 1 aromatic heterocycles. The molecule has 0 saturated carbocycles. The summed E-state index contributed by atoms with van der Waals surface area (Å²) in [6, 6.07) is 10.2. The topological polar surface area (TPSA) is 60.5 Å². The molecule has 0 radical (unpaired) electrons. The molecule has 2 rings (SSSR count). The number of ether oxygens (including phenoxy) is 2. The van der Waals surface area contributed by atoms with E-state index in [1.54, 1.807) is 43.5 Å². The molecule has 5 nitrogen and oxygen atoms in total. The first kappa shape index (κ1) is 15.3. The van der Waals surface area contributed by atoms with Gasteiger partial charge in [-0.05, 0) is 36.4 Å². The number of halogens is 1. The Labute approximate surface area is 127 Å². The van der Waals surface area contributed by atoms with E-state index in [0.717, 1.165) is 0 Å². The summed E-state index contributed by atoms with van der Waals surface area (Å²) in [7, 11) is 1.61. The van der Waals surface area contributed by atoms with Crippen molar-refractivity contribution in [3.8, 4) is 5.75 Å². The van der Waals surface area contributed by atoms with E-state index >= 15 is 0 Å². The number of nitrogens with one attached hydrogen (secondary N) is 1. The highest BCUT2D eigenvalue weighted by atomic mass is 35.5. The van der Waals surface area contributed by atoms with Crippen LogP contribution >= 0.6 is 11.6 Å². The van der Waals surface area contributed by atoms with Gasteiger partial charge in [0, 0.05) is 12.7 Å². The first-order valence-corrected chi connectivity index (χ1v) is 6.71. The van der Waals surface area contributed by atoms with E-state index in [9.17, 15) is 4.79 Å². The fourth-order valence-corrected chi connectivity index (χ4v) is 1.71. The second-order valence-corrected chi connectivity index (χ2v) is 4.58. The zero-order valence-corrected chi connectivity index (χ0v) is 12.3. The van der Waals surface area contributed by atoms with Crippen molar-refractivity contribution in [2.45, 2.75) is 0 Å². The standard InChI is InChI=1S/C15H15ClN2O3/c1-20-8-9-21-13-5-2-11(3-6-13)15(19)18-12-4-7-14(16)17-10-12/h2-7,10H,8-9H2,1H3,(H,18,19). The summed E-state index contributed by atoms with van der Waals surface area (Å²) in [6.07, 6.45) is 1.50. The fourth-order valence-electron chi connectivity index (χ4n) is 1.60. The van der Waals surface area contributed by atoms with Gasteiger partial charge in [-0.3, -0.25) is 4.79 Å². The molecule has 1 aromatic carbocycles. The molecule has 0 unspecified atom stereocenters. The van der Waals surface area contributed by atoms with Gasteiger partial charge in [-0.1, -0.05) is 11.6 Å². The van der Waals surface area contributed by atoms with Crippen molar-refractivity contribution in [1.82, 2.24) is 4.98 Å². The number of hydrogen-bond donors (Lipinski definition) is 1. The minimum Gasteiger partial charge on any atom is -0.491 e. The number of carbonyl (C=O) groups excluding carboxylic acids is 1. The van der Waals surface area contributed by atoms with E-state index in [2.05, 4.69) is 10.3 Å². The number of hydrogen-bond acceptors (Lipinski definition) is 4. The largest absolute Gasteiger partial charge is 0.491 e. The van der Waals surface area contributed by atoms with Gasteiger partial charge in [0.2, 0.25) is 0 Å². The minimum absolute atomic E-state index is 0.220. The lowest BCUT2D eigenvalue weighted by Gasteiger charge is -2.07. The van der Waals surface area contributed by atoms with E-state index in [0.29, 0.717) is 35.4 Å². The lowest BCUT2D eigenvalue weighted by Crippen LogP contribution is -2.12. The monoisotopic (exact) mass is 306 g/mol. The van der Waals surface area contributed by atoms with Gasteiger partial charge in [0.05, 0.1) is 18.5 Å². The quantitative estimate of drug-likeness (QED) is 0.658. The van der Waals surface area contributed by atoms with Gasteiger partial charge in [0.1, 0.15) is 17.5 Å². The van der Waals surface area contributed by atoms with Crippen molar-refractivity contribution < 1.29 is 14.3 Å².